The lowest BCUT2D eigenvalue weighted by atomic mass is 9.98. The lowest BCUT2D eigenvalue weighted by molar-refractivity contribution is -0.149. The van der Waals surface area contributed by atoms with E-state index < -0.39 is 0 Å². The van der Waals surface area contributed by atoms with Crippen LogP contribution in [0.15, 0.2) is 24.3 Å². The van der Waals surface area contributed by atoms with Crippen LogP contribution in [-0.2, 0) is 16.0 Å². The molecule has 1 aromatic rings. The third-order valence-corrected chi connectivity index (χ3v) is 3.97. The number of benzene rings is 1. The Bertz CT molecular complexity index is 530. The zero-order chi connectivity index (χ0) is 15.9. The van der Waals surface area contributed by atoms with Crippen LogP contribution in [0, 0.1) is 5.92 Å². The number of aryl methyl sites for hydroxylation is 1. The van der Waals surface area contributed by atoms with E-state index >= 15 is 0 Å². The van der Waals surface area contributed by atoms with Gasteiger partial charge in [-0.1, -0.05) is 25.1 Å². The number of piperidine rings is 1. The second kappa shape index (κ2) is 7.82. The SMILES string of the molecule is CCOC(=O)C1CCCN(C(=O)Nc2ccccc2CC)C1. The summed E-state index contributed by atoms with van der Waals surface area (Å²) in [6, 6.07) is 7.64. The molecule has 0 aromatic heterocycles. The molecule has 0 bridgehead atoms. The topological polar surface area (TPSA) is 58.6 Å². The maximum Gasteiger partial charge on any atom is 0.321 e. The number of esters is 1. The van der Waals surface area contributed by atoms with Gasteiger partial charge in [0.2, 0.25) is 0 Å². The van der Waals surface area contributed by atoms with E-state index in [2.05, 4.69) is 12.2 Å². The maximum atomic E-state index is 12.4. The van der Waals surface area contributed by atoms with E-state index in [0.29, 0.717) is 19.7 Å². The summed E-state index contributed by atoms with van der Waals surface area (Å²) in [7, 11) is 0. The Labute approximate surface area is 131 Å². The number of hydrogen-bond donors (Lipinski definition) is 1. The van der Waals surface area contributed by atoms with Crippen molar-refractivity contribution >= 4 is 17.7 Å². The Balaban J connectivity index is 1.98. The van der Waals surface area contributed by atoms with Crippen molar-refractivity contribution in [1.82, 2.24) is 4.90 Å². The van der Waals surface area contributed by atoms with Gasteiger partial charge in [-0.15, -0.1) is 0 Å². The minimum Gasteiger partial charge on any atom is -0.466 e. The first kappa shape index (κ1) is 16.3. The molecule has 120 valence electrons. The second-order valence-electron chi connectivity index (χ2n) is 5.48. The fraction of sp³-hybridized carbons (Fsp3) is 0.529. The van der Waals surface area contributed by atoms with Gasteiger partial charge in [0.05, 0.1) is 12.5 Å². The number of amides is 2. The van der Waals surface area contributed by atoms with Crippen molar-refractivity contribution < 1.29 is 14.3 Å². The molecule has 0 saturated carbocycles. The van der Waals surface area contributed by atoms with E-state index in [0.717, 1.165) is 30.5 Å². The highest BCUT2D eigenvalue weighted by Crippen LogP contribution is 2.20. The van der Waals surface area contributed by atoms with Gasteiger partial charge in [-0.05, 0) is 37.8 Å². The van der Waals surface area contributed by atoms with E-state index in [9.17, 15) is 9.59 Å². The van der Waals surface area contributed by atoms with E-state index in [1.165, 1.54) is 0 Å². The van der Waals surface area contributed by atoms with Crippen LogP contribution in [-0.4, -0.2) is 36.6 Å². The molecule has 1 aliphatic rings. The highest BCUT2D eigenvalue weighted by atomic mass is 16.5. The highest BCUT2D eigenvalue weighted by Gasteiger charge is 2.29. The fourth-order valence-electron chi connectivity index (χ4n) is 2.76. The fourth-order valence-corrected chi connectivity index (χ4v) is 2.76. The number of hydrogen-bond acceptors (Lipinski definition) is 3. The largest absolute Gasteiger partial charge is 0.466 e. The van der Waals surface area contributed by atoms with Crippen LogP contribution in [0.25, 0.3) is 0 Å². The van der Waals surface area contributed by atoms with Gasteiger partial charge in [0.1, 0.15) is 0 Å². The maximum absolute atomic E-state index is 12.4. The van der Waals surface area contributed by atoms with Gasteiger partial charge >= 0.3 is 12.0 Å². The molecule has 2 amide bonds. The van der Waals surface area contributed by atoms with Crippen molar-refractivity contribution in [2.24, 2.45) is 5.92 Å². The van der Waals surface area contributed by atoms with Crippen molar-refractivity contribution in [3.8, 4) is 0 Å². The molecule has 5 nitrogen and oxygen atoms in total. The van der Waals surface area contributed by atoms with Crippen LogP contribution in [0.2, 0.25) is 0 Å². The normalized spacial score (nSPS) is 17.9. The number of nitrogens with zero attached hydrogens (tertiary/aromatic N) is 1. The molecule has 1 aliphatic heterocycles. The smallest absolute Gasteiger partial charge is 0.321 e. The molecule has 1 fully saturated rings. The molecule has 1 aromatic carbocycles. The molecule has 22 heavy (non-hydrogen) atoms. The molecule has 5 heteroatoms. The Morgan fingerprint density at radius 3 is 2.82 bits per heavy atom. The molecular formula is C17H24N2O3. The first-order valence-electron chi connectivity index (χ1n) is 7.96. The molecule has 1 heterocycles. The molecule has 1 N–H and O–H groups in total. The number of likely N-dealkylation sites (tertiary alicyclic amines) is 1. The van der Waals surface area contributed by atoms with Crippen LogP contribution in [0.3, 0.4) is 0 Å². The summed E-state index contributed by atoms with van der Waals surface area (Å²) in [6.07, 6.45) is 2.47. The van der Waals surface area contributed by atoms with Crippen molar-refractivity contribution in [2.75, 3.05) is 25.0 Å². The third-order valence-electron chi connectivity index (χ3n) is 3.97. The number of anilines is 1. The lowest BCUT2D eigenvalue weighted by Gasteiger charge is -2.31. The lowest BCUT2D eigenvalue weighted by Crippen LogP contribution is -2.44. The summed E-state index contributed by atoms with van der Waals surface area (Å²) < 4.78 is 5.07. The molecule has 0 aliphatic carbocycles. The van der Waals surface area contributed by atoms with Crippen LogP contribution in [0.5, 0.6) is 0 Å². The summed E-state index contributed by atoms with van der Waals surface area (Å²) >= 11 is 0. The Morgan fingerprint density at radius 1 is 1.32 bits per heavy atom. The van der Waals surface area contributed by atoms with Crippen molar-refractivity contribution in [2.45, 2.75) is 33.1 Å². The quantitative estimate of drug-likeness (QED) is 0.870. The van der Waals surface area contributed by atoms with Crippen LogP contribution in [0.1, 0.15) is 32.3 Å². The van der Waals surface area contributed by atoms with Crippen molar-refractivity contribution in [3.05, 3.63) is 29.8 Å². The second-order valence-corrected chi connectivity index (χ2v) is 5.48. The summed E-state index contributed by atoms with van der Waals surface area (Å²) in [5.74, 6) is -0.408. The summed E-state index contributed by atoms with van der Waals surface area (Å²) in [5, 5.41) is 2.96. The van der Waals surface area contributed by atoms with Crippen molar-refractivity contribution in [3.63, 3.8) is 0 Å². The molecule has 1 atom stereocenters. The standard InChI is InChI=1S/C17H24N2O3/c1-3-13-8-5-6-10-15(13)18-17(21)19-11-7-9-14(12-19)16(20)22-4-2/h5-6,8,10,14H,3-4,7,9,11-12H2,1-2H3,(H,18,21). The van der Waals surface area contributed by atoms with E-state index in [1.54, 1.807) is 11.8 Å². The molecule has 1 unspecified atom stereocenters. The zero-order valence-electron chi connectivity index (χ0n) is 13.3. The summed E-state index contributed by atoms with van der Waals surface area (Å²) in [4.78, 5) is 26.0. The number of nitrogens with one attached hydrogen (secondary N) is 1. The van der Waals surface area contributed by atoms with Gasteiger partial charge in [0, 0.05) is 18.8 Å². The minimum absolute atomic E-state index is 0.144. The van der Waals surface area contributed by atoms with Crippen molar-refractivity contribution in [1.29, 1.82) is 0 Å². The van der Waals surface area contributed by atoms with Crippen LogP contribution in [0.4, 0.5) is 10.5 Å². The number of ether oxygens (including phenoxy) is 1. The highest BCUT2D eigenvalue weighted by molar-refractivity contribution is 5.90. The molecule has 0 spiro atoms. The Hall–Kier alpha value is -2.04. The molecule has 1 saturated heterocycles. The number of carbonyl (C=O) groups excluding carboxylic acids is 2. The Morgan fingerprint density at radius 2 is 2.09 bits per heavy atom. The molecular weight excluding hydrogens is 280 g/mol. The summed E-state index contributed by atoms with van der Waals surface area (Å²) in [5.41, 5.74) is 1.95. The minimum atomic E-state index is -0.208. The number of urea groups is 1. The van der Waals surface area contributed by atoms with Gasteiger partial charge < -0.3 is 15.0 Å². The van der Waals surface area contributed by atoms with Gasteiger partial charge in [-0.25, -0.2) is 4.79 Å². The molecule has 0 radical (unpaired) electrons. The summed E-state index contributed by atoms with van der Waals surface area (Å²) in [6.45, 7) is 5.34. The Kier molecular flexibility index (Phi) is 5.81. The van der Waals surface area contributed by atoms with E-state index in [1.807, 2.05) is 24.3 Å². The first-order chi connectivity index (χ1) is 10.7. The number of rotatable bonds is 4. The first-order valence-corrected chi connectivity index (χ1v) is 7.96. The van der Waals surface area contributed by atoms with Gasteiger partial charge in [0.25, 0.3) is 0 Å². The van der Waals surface area contributed by atoms with Gasteiger partial charge in [-0.3, -0.25) is 4.79 Å². The predicted molar refractivity (Wildman–Crippen MR) is 85.8 cm³/mol. The average Bonchev–Trinajstić information content (AvgIpc) is 2.55. The zero-order valence-corrected chi connectivity index (χ0v) is 13.3. The number of para-hydroxylation sites is 1. The number of carbonyl (C=O) groups is 2. The third kappa shape index (κ3) is 4.00. The molecule has 2 rings (SSSR count). The van der Waals surface area contributed by atoms with Crippen LogP contribution < -0.4 is 5.32 Å². The monoisotopic (exact) mass is 304 g/mol. The van der Waals surface area contributed by atoms with Crippen LogP contribution >= 0.6 is 0 Å². The van der Waals surface area contributed by atoms with Gasteiger partial charge in [-0.2, -0.15) is 0 Å². The van der Waals surface area contributed by atoms with Gasteiger partial charge in [0.15, 0.2) is 0 Å². The van der Waals surface area contributed by atoms with E-state index in [-0.39, 0.29) is 17.9 Å². The predicted octanol–water partition coefficient (Wildman–Crippen LogP) is 3.06. The average molecular weight is 304 g/mol. The van der Waals surface area contributed by atoms with E-state index in [4.69, 9.17) is 4.74 Å².